The Morgan fingerprint density at radius 2 is 2.05 bits per heavy atom. The van der Waals surface area contributed by atoms with Crippen molar-refractivity contribution in [2.24, 2.45) is 0 Å². The van der Waals surface area contributed by atoms with E-state index in [9.17, 15) is 4.79 Å². The quantitative estimate of drug-likeness (QED) is 0.716. The number of aromatic nitrogens is 3. The first-order chi connectivity index (χ1) is 9.22. The van der Waals surface area contributed by atoms with Crippen LogP contribution in [0.15, 0.2) is 41.3 Å². The minimum Gasteiger partial charge on any atom is -0.295 e. The Hall–Kier alpha value is -2.87. The third kappa shape index (κ3) is 1.62. The molecule has 3 aromatic rings. The maximum Gasteiger partial charge on any atom is 0.276 e. The third-order valence-electron chi connectivity index (χ3n) is 3.06. The van der Waals surface area contributed by atoms with E-state index in [0.717, 1.165) is 5.56 Å². The number of hydrogen-bond acceptors (Lipinski definition) is 3. The fourth-order valence-electron chi connectivity index (χ4n) is 2.06. The molecule has 0 radical (unpaired) electrons. The Morgan fingerprint density at radius 3 is 2.74 bits per heavy atom. The van der Waals surface area contributed by atoms with Crippen LogP contribution in [0.2, 0.25) is 0 Å². The third-order valence-corrected chi connectivity index (χ3v) is 3.06. The second-order valence-corrected chi connectivity index (χ2v) is 4.21. The number of hydrogen-bond donors (Lipinski definition) is 1. The van der Waals surface area contributed by atoms with E-state index in [1.54, 1.807) is 6.92 Å². The molecule has 3 rings (SSSR count). The SMILES string of the molecule is Cc1c(-c2ccccc2)nc2c(C#N)c[nH]n2c1=O. The summed E-state index contributed by atoms with van der Waals surface area (Å²) in [6.45, 7) is 1.73. The molecule has 0 amide bonds. The van der Waals surface area contributed by atoms with Gasteiger partial charge in [0.25, 0.3) is 5.56 Å². The number of fused-ring (bicyclic) bond motifs is 1. The summed E-state index contributed by atoms with van der Waals surface area (Å²) in [6.07, 6.45) is 1.48. The first kappa shape index (κ1) is 11.2. The molecular weight excluding hydrogens is 240 g/mol. The van der Waals surface area contributed by atoms with Gasteiger partial charge in [-0.05, 0) is 6.92 Å². The number of aromatic amines is 1. The predicted octanol–water partition coefficient (Wildman–Crippen LogP) is 1.87. The molecule has 0 fully saturated rings. The van der Waals surface area contributed by atoms with Crippen LogP contribution in [-0.2, 0) is 0 Å². The maximum atomic E-state index is 12.2. The van der Waals surface area contributed by atoms with Crippen molar-refractivity contribution in [2.75, 3.05) is 0 Å². The highest BCUT2D eigenvalue weighted by molar-refractivity contribution is 5.67. The summed E-state index contributed by atoms with van der Waals surface area (Å²) >= 11 is 0. The lowest BCUT2D eigenvalue weighted by Crippen LogP contribution is -2.19. The first-order valence-corrected chi connectivity index (χ1v) is 5.78. The van der Waals surface area contributed by atoms with Crippen LogP contribution in [-0.4, -0.2) is 14.6 Å². The van der Waals surface area contributed by atoms with Crippen molar-refractivity contribution in [3.05, 3.63) is 58.0 Å². The summed E-state index contributed by atoms with van der Waals surface area (Å²) in [5.74, 6) is 0. The summed E-state index contributed by atoms with van der Waals surface area (Å²) in [5.41, 5.74) is 2.55. The fourth-order valence-corrected chi connectivity index (χ4v) is 2.06. The fraction of sp³-hybridized carbons (Fsp3) is 0.0714. The molecule has 19 heavy (non-hydrogen) atoms. The van der Waals surface area contributed by atoms with Gasteiger partial charge in [0, 0.05) is 17.3 Å². The number of H-pyrrole nitrogens is 1. The Balaban J connectivity index is 2.41. The van der Waals surface area contributed by atoms with Crippen molar-refractivity contribution in [3.63, 3.8) is 0 Å². The van der Waals surface area contributed by atoms with Crippen LogP contribution in [0, 0.1) is 18.3 Å². The average Bonchev–Trinajstić information content (AvgIpc) is 2.86. The molecule has 0 saturated heterocycles. The standard InChI is InChI=1S/C14H10N4O/c1-9-12(10-5-3-2-4-6-10)17-13-11(7-15)8-16-18(13)14(9)19/h2-6,8,16H,1H3. The van der Waals surface area contributed by atoms with Crippen molar-refractivity contribution in [2.45, 2.75) is 6.92 Å². The lowest BCUT2D eigenvalue weighted by Gasteiger charge is -2.05. The second-order valence-electron chi connectivity index (χ2n) is 4.21. The molecule has 0 aliphatic heterocycles. The lowest BCUT2D eigenvalue weighted by molar-refractivity contribution is 0.887. The van der Waals surface area contributed by atoms with E-state index in [1.807, 2.05) is 36.4 Å². The molecule has 2 heterocycles. The molecular formula is C14H10N4O. The molecule has 0 aliphatic carbocycles. The van der Waals surface area contributed by atoms with Crippen LogP contribution in [0.25, 0.3) is 16.9 Å². The van der Waals surface area contributed by atoms with Gasteiger partial charge in [-0.2, -0.15) is 5.26 Å². The monoisotopic (exact) mass is 250 g/mol. The number of nitrogens with zero attached hydrogens (tertiary/aromatic N) is 3. The van der Waals surface area contributed by atoms with Gasteiger partial charge in [0.15, 0.2) is 5.65 Å². The van der Waals surface area contributed by atoms with Gasteiger partial charge in [-0.25, -0.2) is 9.50 Å². The van der Waals surface area contributed by atoms with Crippen LogP contribution in [0.5, 0.6) is 0 Å². The predicted molar refractivity (Wildman–Crippen MR) is 70.7 cm³/mol. The molecule has 0 spiro atoms. The molecule has 5 heteroatoms. The zero-order valence-corrected chi connectivity index (χ0v) is 10.2. The molecule has 5 nitrogen and oxygen atoms in total. The summed E-state index contributed by atoms with van der Waals surface area (Å²) in [7, 11) is 0. The van der Waals surface area contributed by atoms with E-state index >= 15 is 0 Å². The molecule has 1 N–H and O–H groups in total. The Bertz CT molecular complexity index is 853. The molecule has 1 aromatic carbocycles. The molecule has 0 aliphatic rings. The highest BCUT2D eigenvalue weighted by atomic mass is 16.1. The Labute approximate surface area is 108 Å². The van der Waals surface area contributed by atoms with Gasteiger partial charge in [-0.3, -0.25) is 9.89 Å². The van der Waals surface area contributed by atoms with Gasteiger partial charge in [0.05, 0.1) is 5.69 Å². The number of nitrogens with one attached hydrogen (secondary N) is 1. The smallest absolute Gasteiger partial charge is 0.276 e. The van der Waals surface area contributed by atoms with Gasteiger partial charge in [-0.15, -0.1) is 0 Å². The van der Waals surface area contributed by atoms with Crippen molar-refractivity contribution in [1.29, 1.82) is 5.26 Å². The molecule has 0 bridgehead atoms. The highest BCUT2D eigenvalue weighted by Crippen LogP contribution is 2.19. The molecule has 2 aromatic heterocycles. The topological polar surface area (TPSA) is 73.9 Å². The first-order valence-electron chi connectivity index (χ1n) is 5.78. The van der Waals surface area contributed by atoms with Gasteiger partial charge in [-0.1, -0.05) is 30.3 Å². The number of nitriles is 1. The maximum absolute atomic E-state index is 12.2. The number of benzene rings is 1. The summed E-state index contributed by atoms with van der Waals surface area (Å²) in [6, 6.07) is 11.5. The van der Waals surface area contributed by atoms with Crippen LogP contribution < -0.4 is 5.56 Å². The van der Waals surface area contributed by atoms with Gasteiger partial charge < -0.3 is 0 Å². The van der Waals surface area contributed by atoms with Crippen LogP contribution >= 0.6 is 0 Å². The summed E-state index contributed by atoms with van der Waals surface area (Å²) in [5, 5.41) is 11.8. The zero-order valence-electron chi connectivity index (χ0n) is 10.2. The van der Waals surface area contributed by atoms with Crippen molar-refractivity contribution in [3.8, 4) is 17.3 Å². The summed E-state index contributed by atoms with van der Waals surface area (Å²) < 4.78 is 1.29. The number of rotatable bonds is 1. The highest BCUT2D eigenvalue weighted by Gasteiger charge is 2.13. The summed E-state index contributed by atoms with van der Waals surface area (Å²) in [4.78, 5) is 16.7. The van der Waals surface area contributed by atoms with Gasteiger partial charge in [0.1, 0.15) is 11.6 Å². The average molecular weight is 250 g/mol. The normalized spacial score (nSPS) is 10.5. The Kier molecular flexibility index (Phi) is 2.43. The Morgan fingerprint density at radius 1 is 1.32 bits per heavy atom. The van der Waals surface area contributed by atoms with Crippen molar-refractivity contribution >= 4 is 5.65 Å². The largest absolute Gasteiger partial charge is 0.295 e. The lowest BCUT2D eigenvalue weighted by atomic mass is 10.1. The van der Waals surface area contributed by atoms with E-state index in [2.05, 4.69) is 10.1 Å². The molecule has 0 saturated carbocycles. The van der Waals surface area contributed by atoms with E-state index in [-0.39, 0.29) is 5.56 Å². The van der Waals surface area contributed by atoms with Gasteiger partial charge >= 0.3 is 0 Å². The van der Waals surface area contributed by atoms with Crippen LogP contribution in [0.1, 0.15) is 11.1 Å². The molecule has 92 valence electrons. The minimum absolute atomic E-state index is 0.189. The van der Waals surface area contributed by atoms with E-state index in [4.69, 9.17) is 5.26 Å². The van der Waals surface area contributed by atoms with E-state index in [1.165, 1.54) is 10.7 Å². The van der Waals surface area contributed by atoms with Gasteiger partial charge in [0.2, 0.25) is 0 Å². The van der Waals surface area contributed by atoms with Crippen molar-refractivity contribution in [1.82, 2.24) is 14.6 Å². The molecule has 0 unspecified atom stereocenters. The van der Waals surface area contributed by atoms with E-state index in [0.29, 0.717) is 22.5 Å². The second kappa shape index (κ2) is 4.10. The van der Waals surface area contributed by atoms with E-state index < -0.39 is 0 Å². The van der Waals surface area contributed by atoms with Crippen LogP contribution in [0.3, 0.4) is 0 Å². The van der Waals surface area contributed by atoms with Crippen molar-refractivity contribution < 1.29 is 0 Å². The molecule has 0 atom stereocenters. The van der Waals surface area contributed by atoms with Crippen LogP contribution in [0.4, 0.5) is 0 Å². The minimum atomic E-state index is -0.189. The zero-order chi connectivity index (χ0) is 13.4.